The number of hydrogen-bond donors (Lipinski definition) is 0. The molecule has 1 aromatic heterocycles. The third-order valence-corrected chi connectivity index (χ3v) is 3.38. The number of aliphatic imine (C=N–C) groups is 1. The molecule has 0 spiro atoms. The van der Waals surface area contributed by atoms with Crippen LogP contribution in [0.25, 0.3) is 0 Å². The minimum absolute atomic E-state index is 0.142. The van der Waals surface area contributed by atoms with E-state index >= 15 is 0 Å². The van der Waals surface area contributed by atoms with Crippen molar-refractivity contribution in [3.63, 3.8) is 0 Å². The minimum atomic E-state index is -0.862. The van der Waals surface area contributed by atoms with E-state index in [9.17, 15) is 14.9 Å². The average molecular weight is 288 g/mol. The van der Waals surface area contributed by atoms with E-state index in [1.807, 2.05) is 13.0 Å². The number of aromatic nitrogens is 1. The molecular formula is C13H12N4O4. The number of ether oxygens (including phenoxy) is 1. The molecule has 8 heteroatoms. The van der Waals surface area contributed by atoms with Crippen molar-refractivity contribution in [1.82, 2.24) is 4.98 Å². The zero-order chi connectivity index (χ0) is 15.2. The summed E-state index contributed by atoms with van der Waals surface area (Å²) >= 11 is 0. The quantitative estimate of drug-likeness (QED) is 0.612. The molecule has 0 aliphatic carbocycles. The zero-order valence-corrected chi connectivity index (χ0v) is 11.4. The molecule has 2 unspecified atom stereocenters. The predicted octanol–water partition coefficient (Wildman–Crippen LogP) is 2.06. The average Bonchev–Trinajstić information content (AvgIpc) is 2.67. The molecule has 0 bridgehead atoms. The van der Waals surface area contributed by atoms with Crippen LogP contribution in [-0.4, -0.2) is 34.0 Å². The van der Waals surface area contributed by atoms with Gasteiger partial charge in [-0.3, -0.25) is 15.1 Å². The van der Waals surface area contributed by atoms with Crippen molar-refractivity contribution in [2.75, 3.05) is 4.90 Å². The van der Waals surface area contributed by atoms with Crippen LogP contribution in [0.4, 0.5) is 16.3 Å². The molecule has 2 aliphatic heterocycles. The van der Waals surface area contributed by atoms with Crippen molar-refractivity contribution in [1.29, 1.82) is 0 Å². The van der Waals surface area contributed by atoms with E-state index in [1.54, 1.807) is 13.1 Å². The summed E-state index contributed by atoms with van der Waals surface area (Å²) in [5.74, 6) is 0.268. The highest BCUT2D eigenvalue weighted by molar-refractivity contribution is 5.92. The molecule has 8 nitrogen and oxygen atoms in total. The zero-order valence-electron chi connectivity index (χ0n) is 11.4. The van der Waals surface area contributed by atoms with E-state index in [2.05, 4.69) is 9.98 Å². The molecule has 3 heterocycles. The van der Waals surface area contributed by atoms with Crippen LogP contribution in [0.2, 0.25) is 0 Å². The maximum absolute atomic E-state index is 12.1. The summed E-state index contributed by atoms with van der Waals surface area (Å²) in [4.78, 5) is 31.8. The fourth-order valence-corrected chi connectivity index (χ4v) is 2.49. The maximum atomic E-state index is 12.1. The summed E-state index contributed by atoms with van der Waals surface area (Å²) in [6.07, 6.45) is 3.45. The second-order valence-corrected chi connectivity index (χ2v) is 5.09. The van der Waals surface area contributed by atoms with Crippen LogP contribution >= 0.6 is 0 Å². The van der Waals surface area contributed by atoms with Crippen molar-refractivity contribution < 1.29 is 14.5 Å². The van der Waals surface area contributed by atoms with E-state index in [0.29, 0.717) is 0 Å². The Bertz CT molecular complexity index is 682. The van der Waals surface area contributed by atoms with Gasteiger partial charge in [-0.15, -0.1) is 0 Å². The lowest BCUT2D eigenvalue weighted by molar-refractivity contribution is -0.385. The molecule has 1 fully saturated rings. The van der Waals surface area contributed by atoms with Crippen molar-refractivity contribution in [3.05, 3.63) is 40.1 Å². The molecule has 0 radical (unpaired) electrons. The highest BCUT2D eigenvalue weighted by Gasteiger charge is 2.52. The number of anilines is 1. The van der Waals surface area contributed by atoms with Gasteiger partial charge in [-0.2, -0.15) is 0 Å². The fraction of sp³-hybridized carbons (Fsp3) is 0.308. The first kappa shape index (κ1) is 13.2. The van der Waals surface area contributed by atoms with Crippen LogP contribution in [0.15, 0.2) is 35.0 Å². The summed E-state index contributed by atoms with van der Waals surface area (Å²) < 4.78 is 5.39. The highest BCUT2D eigenvalue weighted by atomic mass is 16.6. The Morgan fingerprint density at radius 1 is 1.48 bits per heavy atom. The van der Waals surface area contributed by atoms with Crippen molar-refractivity contribution >= 4 is 23.8 Å². The third kappa shape index (κ3) is 2.04. The maximum Gasteiger partial charge on any atom is 0.418 e. The Morgan fingerprint density at radius 2 is 2.24 bits per heavy atom. The summed E-state index contributed by atoms with van der Waals surface area (Å²) in [7, 11) is 0. The SMILES string of the molecule is CC1=CC2(C)OC(=O)N(c3ccc([N+](=O)[O-])cn3)C2N=C1. The molecule has 2 aliphatic rings. The summed E-state index contributed by atoms with van der Waals surface area (Å²) in [5.41, 5.74) is -0.101. The van der Waals surface area contributed by atoms with Gasteiger partial charge in [-0.25, -0.2) is 14.7 Å². The van der Waals surface area contributed by atoms with Crippen LogP contribution in [0.3, 0.4) is 0 Å². The number of dihydropyridines is 1. The lowest BCUT2D eigenvalue weighted by Crippen LogP contribution is -2.43. The number of carbonyl (C=O) groups is 1. The second kappa shape index (κ2) is 4.37. The Morgan fingerprint density at radius 3 is 2.86 bits per heavy atom. The summed E-state index contributed by atoms with van der Waals surface area (Å²) in [6.45, 7) is 3.63. The number of hydrogen-bond acceptors (Lipinski definition) is 6. The standard InChI is InChI=1S/C13H12N4O4/c1-8-5-13(2)11(15-6-8)16(12(18)21-13)10-4-3-9(7-14-10)17(19)20/h3-7,11H,1-2H3. The van der Waals surface area contributed by atoms with E-state index in [0.717, 1.165) is 11.8 Å². The van der Waals surface area contributed by atoms with Gasteiger partial charge in [0.25, 0.3) is 5.69 Å². The number of pyridine rings is 1. The summed E-state index contributed by atoms with van der Waals surface area (Å²) in [6, 6.07) is 2.70. The summed E-state index contributed by atoms with van der Waals surface area (Å²) in [5, 5.41) is 10.6. The topological polar surface area (TPSA) is 97.9 Å². The van der Waals surface area contributed by atoms with Gasteiger partial charge < -0.3 is 4.74 Å². The first-order valence-corrected chi connectivity index (χ1v) is 6.26. The largest absolute Gasteiger partial charge is 0.434 e. The van der Waals surface area contributed by atoms with Crippen molar-refractivity contribution in [3.8, 4) is 0 Å². The number of rotatable bonds is 2. The molecule has 0 saturated carbocycles. The monoisotopic (exact) mass is 288 g/mol. The van der Waals surface area contributed by atoms with Gasteiger partial charge in [0.15, 0.2) is 11.8 Å². The molecule has 1 amide bonds. The van der Waals surface area contributed by atoms with Gasteiger partial charge in [0.05, 0.1) is 4.92 Å². The van der Waals surface area contributed by atoms with E-state index in [1.165, 1.54) is 17.0 Å². The smallest absolute Gasteiger partial charge is 0.418 e. The molecule has 2 atom stereocenters. The molecule has 21 heavy (non-hydrogen) atoms. The second-order valence-electron chi connectivity index (χ2n) is 5.09. The molecule has 0 aromatic carbocycles. The first-order chi connectivity index (χ1) is 9.90. The Balaban J connectivity index is 1.97. The van der Waals surface area contributed by atoms with E-state index in [4.69, 9.17) is 4.74 Å². The van der Waals surface area contributed by atoms with Crippen molar-refractivity contribution in [2.45, 2.75) is 25.6 Å². The van der Waals surface area contributed by atoms with Gasteiger partial charge >= 0.3 is 6.09 Å². The molecule has 1 saturated heterocycles. The van der Waals surface area contributed by atoms with Crippen LogP contribution in [0.1, 0.15) is 13.8 Å². The van der Waals surface area contributed by atoms with Gasteiger partial charge in [-0.1, -0.05) is 0 Å². The number of nitrogens with zero attached hydrogens (tertiary/aromatic N) is 4. The minimum Gasteiger partial charge on any atom is -0.434 e. The van der Waals surface area contributed by atoms with E-state index < -0.39 is 22.8 Å². The van der Waals surface area contributed by atoms with Gasteiger partial charge in [0, 0.05) is 12.3 Å². The number of fused-ring (bicyclic) bond motifs is 1. The lowest BCUT2D eigenvalue weighted by atomic mass is 9.97. The van der Waals surface area contributed by atoms with E-state index in [-0.39, 0.29) is 11.5 Å². The Kier molecular flexibility index (Phi) is 2.75. The number of nitro groups is 1. The Labute approximate surface area is 119 Å². The molecule has 1 aromatic rings. The molecule has 3 rings (SSSR count). The van der Waals surface area contributed by atoms with Crippen molar-refractivity contribution in [2.24, 2.45) is 4.99 Å². The van der Waals surface area contributed by atoms with Gasteiger partial charge in [0.1, 0.15) is 12.0 Å². The number of amides is 1. The highest BCUT2D eigenvalue weighted by Crippen LogP contribution is 2.37. The predicted molar refractivity (Wildman–Crippen MR) is 74.3 cm³/mol. The normalized spacial score (nSPS) is 27.1. The fourth-order valence-electron chi connectivity index (χ4n) is 2.49. The lowest BCUT2D eigenvalue weighted by Gasteiger charge is -2.28. The first-order valence-electron chi connectivity index (χ1n) is 6.26. The number of allylic oxidation sites excluding steroid dienone is 1. The van der Waals surface area contributed by atoms with Gasteiger partial charge in [0.2, 0.25) is 0 Å². The van der Waals surface area contributed by atoms with Crippen LogP contribution in [0.5, 0.6) is 0 Å². The molecule has 0 N–H and O–H groups in total. The van der Waals surface area contributed by atoms with Crippen LogP contribution in [-0.2, 0) is 4.74 Å². The molecule has 108 valence electrons. The van der Waals surface area contributed by atoms with Crippen LogP contribution < -0.4 is 4.90 Å². The third-order valence-electron chi connectivity index (χ3n) is 3.38. The molecular weight excluding hydrogens is 276 g/mol. The van der Waals surface area contributed by atoms with Crippen LogP contribution in [0, 0.1) is 10.1 Å². The van der Waals surface area contributed by atoms with Gasteiger partial charge in [-0.05, 0) is 31.6 Å². The Hall–Kier alpha value is -2.77. The number of carbonyl (C=O) groups excluding carboxylic acids is 1.